The quantitative estimate of drug-likeness (QED) is 0.840. The van der Waals surface area contributed by atoms with Gasteiger partial charge in [0.05, 0.1) is 10.7 Å². The molecule has 3 N–H and O–H groups in total. The Hall–Kier alpha value is -1.10. The van der Waals surface area contributed by atoms with E-state index in [-0.39, 0.29) is 11.9 Å². The van der Waals surface area contributed by atoms with E-state index < -0.39 is 6.10 Å². The maximum absolute atomic E-state index is 12.4. The minimum absolute atomic E-state index is 0.237. The molecule has 22 heavy (non-hydrogen) atoms. The van der Waals surface area contributed by atoms with Crippen molar-refractivity contribution in [3.63, 3.8) is 0 Å². The average molecular weight is 325 g/mol. The highest BCUT2D eigenvalue weighted by Gasteiger charge is 2.28. The van der Waals surface area contributed by atoms with Crippen molar-refractivity contribution >= 4 is 23.2 Å². The molecule has 0 bridgehead atoms. The van der Waals surface area contributed by atoms with Crippen LogP contribution in [0.5, 0.6) is 0 Å². The molecular formula is C17H25ClN2O2. The topological polar surface area (TPSA) is 64.3 Å². The number of amides is 1. The second kappa shape index (κ2) is 8.51. The zero-order valence-electron chi connectivity index (χ0n) is 13.1. The van der Waals surface area contributed by atoms with E-state index in [1.807, 2.05) is 12.1 Å². The molecule has 4 nitrogen and oxygen atoms in total. The van der Waals surface area contributed by atoms with Crippen molar-refractivity contribution < 1.29 is 9.53 Å². The third-order valence-corrected chi connectivity index (χ3v) is 4.69. The van der Waals surface area contributed by atoms with Crippen LogP contribution in [-0.4, -0.2) is 25.2 Å². The van der Waals surface area contributed by atoms with Gasteiger partial charge >= 0.3 is 0 Å². The smallest absolute Gasteiger partial charge is 0.255 e. The van der Waals surface area contributed by atoms with Gasteiger partial charge in [0.25, 0.3) is 5.91 Å². The summed E-state index contributed by atoms with van der Waals surface area (Å²) in [5, 5.41) is 3.31. The summed E-state index contributed by atoms with van der Waals surface area (Å²) in [6.07, 6.45) is 6.42. The Kier molecular flexibility index (Phi) is 6.68. The molecule has 1 amide bonds. The first-order valence-electron chi connectivity index (χ1n) is 7.95. The van der Waals surface area contributed by atoms with Crippen LogP contribution in [0.15, 0.2) is 24.3 Å². The number of nitrogens with one attached hydrogen (secondary N) is 1. The highest BCUT2D eigenvalue weighted by atomic mass is 35.5. The van der Waals surface area contributed by atoms with Crippen LogP contribution in [0.25, 0.3) is 0 Å². The Labute approximate surface area is 137 Å². The van der Waals surface area contributed by atoms with Crippen molar-refractivity contribution in [3.8, 4) is 0 Å². The Balaban J connectivity index is 1.94. The van der Waals surface area contributed by atoms with Gasteiger partial charge < -0.3 is 15.8 Å². The molecule has 2 rings (SSSR count). The van der Waals surface area contributed by atoms with Crippen molar-refractivity contribution in [1.29, 1.82) is 0 Å². The van der Waals surface area contributed by atoms with Crippen molar-refractivity contribution in [2.75, 3.05) is 12.4 Å². The third-order valence-electron chi connectivity index (χ3n) is 4.36. The Morgan fingerprint density at radius 2 is 2.05 bits per heavy atom. The first kappa shape index (κ1) is 17.3. The predicted molar refractivity (Wildman–Crippen MR) is 90.0 cm³/mol. The van der Waals surface area contributed by atoms with E-state index in [0.29, 0.717) is 16.6 Å². The van der Waals surface area contributed by atoms with E-state index >= 15 is 0 Å². The zero-order chi connectivity index (χ0) is 15.9. The van der Waals surface area contributed by atoms with Gasteiger partial charge in [-0.1, -0.05) is 55.8 Å². The molecular weight excluding hydrogens is 300 g/mol. The number of carbonyl (C=O) groups is 1. The summed E-state index contributed by atoms with van der Waals surface area (Å²) in [7, 11) is 1.53. The van der Waals surface area contributed by atoms with Crippen LogP contribution in [0.3, 0.4) is 0 Å². The summed E-state index contributed by atoms with van der Waals surface area (Å²) in [4.78, 5) is 12.4. The number of para-hydroxylation sites is 1. The van der Waals surface area contributed by atoms with E-state index in [2.05, 4.69) is 5.32 Å². The van der Waals surface area contributed by atoms with Gasteiger partial charge in [0, 0.05) is 13.2 Å². The van der Waals surface area contributed by atoms with E-state index in [4.69, 9.17) is 22.1 Å². The van der Waals surface area contributed by atoms with Crippen LogP contribution in [0.4, 0.5) is 5.69 Å². The lowest BCUT2D eigenvalue weighted by Gasteiger charge is -2.28. The highest BCUT2D eigenvalue weighted by Crippen LogP contribution is 2.28. The molecule has 1 aromatic carbocycles. The number of halogens is 1. The second-order valence-corrected chi connectivity index (χ2v) is 6.44. The molecule has 1 fully saturated rings. The van der Waals surface area contributed by atoms with E-state index in [1.54, 1.807) is 12.1 Å². The second-order valence-electron chi connectivity index (χ2n) is 6.03. The molecule has 2 atom stereocenters. The number of hydrogen-bond acceptors (Lipinski definition) is 3. The highest BCUT2D eigenvalue weighted by molar-refractivity contribution is 6.33. The Bertz CT molecular complexity index is 489. The molecule has 0 aromatic heterocycles. The fraction of sp³-hybridized carbons (Fsp3) is 0.588. The summed E-state index contributed by atoms with van der Waals surface area (Å²) < 4.78 is 5.35. The molecule has 5 heteroatoms. The van der Waals surface area contributed by atoms with Crippen molar-refractivity contribution in [2.45, 2.75) is 50.7 Å². The van der Waals surface area contributed by atoms with E-state index in [9.17, 15) is 4.79 Å². The molecule has 0 aliphatic heterocycles. The monoisotopic (exact) mass is 324 g/mol. The van der Waals surface area contributed by atoms with Gasteiger partial charge in [-0.05, 0) is 24.5 Å². The third kappa shape index (κ3) is 4.70. The first-order valence-corrected chi connectivity index (χ1v) is 8.33. The minimum atomic E-state index is -0.654. The lowest BCUT2D eigenvalue weighted by molar-refractivity contribution is -0.127. The fourth-order valence-corrected chi connectivity index (χ4v) is 3.36. The number of rotatable bonds is 6. The maximum atomic E-state index is 12.4. The number of benzene rings is 1. The summed E-state index contributed by atoms with van der Waals surface area (Å²) in [5.74, 6) is 0.369. The van der Waals surface area contributed by atoms with Crippen LogP contribution in [0.2, 0.25) is 5.02 Å². The Morgan fingerprint density at radius 1 is 1.36 bits per heavy atom. The lowest BCUT2D eigenvalue weighted by Crippen LogP contribution is -2.45. The number of hydrogen-bond donors (Lipinski definition) is 2. The van der Waals surface area contributed by atoms with Crippen molar-refractivity contribution in [1.82, 2.24) is 0 Å². The number of nitrogens with two attached hydrogens (primary N) is 1. The fourth-order valence-electron chi connectivity index (χ4n) is 3.17. The number of methoxy groups -OCH3 is 1. The summed E-state index contributed by atoms with van der Waals surface area (Å²) in [6.45, 7) is 0. The van der Waals surface area contributed by atoms with Gasteiger partial charge in [-0.3, -0.25) is 4.79 Å². The standard InChI is InChI=1S/C17H25ClN2O2/c1-22-16(14(19)11-12-7-3-2-4-8-12)17(21)20-15-10-6-5-9-13(15)18/h5-6,9-10,12,14,16H,2-4,7-8,11,19H2,1H3,(H,20,21). The number of carbonyl (C=O) groups excluding carboxylic acids is 1. The molecule has 0 radical (unpaired) electrons. The van der Waals surface area contributed by atoms with Gasteiger partial charge in [0.1, 0.15) is 0 Å². The predicted octanol–water partition coefficient (Wildman–Crippen LogP) is 3.59. The van der Waals surface area contributed by atoms with Crippen LogP contribution >= 0.6 is 11.6 Å². The molecule has 0 saturated heterocycles. The van der Waals surface area contributed by atoms with Crippen LogP contribution in [0, 0.1) is 5.92 Å². The lowest BCUT2D eigenvalue weighted by atomic mass is 9.84. The van der Waals surface area contributed by atoms with Gasteiger partial charge in [-0.25, -0.2) is 0 Å². The van der Waals surface area contributed by atoms with E-state index in [1.165, 1.54) is 39.2 Å². The number of ether oxygens (including phenoxy) is 1. The maximum Gasteiger partial charge on any atom is 0.255 e. The van der Waals surface area contributed by atoms with E-state index in [0.717, 1.165) is 6.42 Å². The SMILES string of the molecule is COC(C(=O)Nc1ccccc1Cl)C(N)CC1CCCCC1. The first-order chi connectivity index (χ1) is 10.6. The number of anilines is 1. The van der Waals surface area contributed by atoms with Gasteiger partial charge in [-0.2, -0.15) is 0 Å². The molecule has 2 unspecified atom stereocenters. The van der Waals surface area contributed by atoms with Crippen LogP contribution < -0.4 is 11.1 Å². The molecule has 0 spiro atoms. The van der Waals surface area contributed by atoms with Crippen molar-refractivity contribution in [2.24, 2.45) is 11.7 Å². The molecule has 1 aliphatic rings. The summed E-state index contributed by atoms with van der Waals surface area (Å²) in [5.41, 5.74) is 6.82. The molecule has 1 aromatic rings. The summed E-state index contributed by atoms with van der Waals surface area (Å²) in [6, 6.07) is 6.85. The summed E-state index contributed by atoms with van der Waals surface area (Å²) >= 11 is 6.06. The van der Waals surface area contributed by atoms with Crippen molar-refractivity contribution in [3.05, 3.63) is 29.3 Å². The van der Waals surface area contributed by atoms with Gasteiger partial charge in [0.15, 0.2) is 6.10 Å². The molecule has 1 saturated carbocycles. The minimum Gasteiger partial charge on any atom is -0.370 e. The van der Waals surface area contributed by atoms with Gasteiger partial charge in [-0.15, -0.1) is 0 Å². The normalized spacial score (nSPS) is 18.7. The average Bonchev–Trinajstić information content (AvgIpc) is 2.51. The Morgan fingerprint density at radius 3 is 2.68 bits per heavy atom. The van der Waals surface area contributed by atoms with Crippen LogP contribution in [0.1, 0.15) is 38.5 Å². The largest absolute Gasteiger partial charge is 0.370 e. The van der Waals surface area contributed by atoms with Gasteiger partial charge in [0.2, 0.25) is 0 Å². The molecule has 0 heterocycles. The zero-order valence-corrected chi connectivity index (χ0v) is 13.8. The van der Waals surface area contributed by atoms with Crippen LogP contribution in [-0.2, 0) is 9.53 Å². The molecule has 122 valence electrons. The molecule has 1 aliphatic carbocycles.